The summed E-state index contributed by atoms with van der Waals surface area (Å²) in [5.74, 6) is -0.215. The van der Waals surface area contributed by atoms with Crippen molar-refractivity contribution in [1.29, 1.82) is 0 Å². The molecule has 0 spiro atoms. The number of amides is 1. The summed E-state index contributed by atoms with van der Waals surface area (Å²) in [6, 6.07) is 19.4. The first-order chi connectivity index (χ1) is 12.7. The molecule has 0 fully saturated rings. The molecule has 2 aromatic carbocycles. The zero-order valence-electron chi connectivity index (χ0n) is 14.1. The van der Waals surface area contributed by atoms with E-state index in [9.17, 15) is 9.59 Å². The number of esters is 1. The standard InChI is InChI=1S/C20H17N3O3/c1-26-20(25)16-9-5-6-10-17(16)22-15-11-12-18(21-13-15)23-19(24)14-7-3-2-4-8-14/h2-13,22H,1H3,(H,21,23,24). The lowest BCUT2D eigenvalue weighted by Crippen LogP contribution is -2.12. The van der Waals surface area contributed by atoms with Gasteiger partial charge in [0.15, 0.2) is 0 Å². The summed E-state index contributed by atoms with van der Waals surface area (Å²) < 4.78 is 4.78. The molecule has 130 valence electrons. The molecule has 3 rings (SSSR count). The third kappa shape index (κ3) is 4.05. The van der Waals surface area contributed by atoms with Crippen LogP contribution >= 0.6 is 0 Å². The van der Waals surface area contributed by atoms with Crippen LogP contribution in [0.2, 0.25) is 0 Å². The number of pyridine rings is 1. The molecule has 26 heavy (non-hydrogen) atoms. The molecule has 0 radical (unpaired) electrons. The summed E-state index contributed by atoms with van der Waals surface area (Å²) in [4.78, 5) is 28.2. The molecule has 0 saturated carbocycles. The molecule has 0 aliphatic carbocycles. The molecule has 0 bridgehead atoms. The number of carbonyl (C=O) groups is 2. The van der Waals surface area contributed by atoms with Gasteiger partial charge in [0.2, 0.25) is 0 Å². The van der Waals surface area contributed by atoms with Crippen molar-refractivity contribution in [2.24, 2.45) is 0 Å². The number of methoxy groups -OCH3 is 1. The maximum absolute atomic E-state index is 12.1. The number of ether oxygens (including phenoxy) is 1. The van der Waals surface area contributed by atoms with Crippen molar-refractivity contribution in [2.45, 2.75) is 0 Å². The summed E-state index contributed by atoms with van der Waals surface area (Å²) in [7, 11) is 1.34. The SMILES string of the molecule is COC(=O)c1ccccc1Nc1ccc(NC(=O)c2ccccc2)nc1. The summed E-state index contributed by atoms with van der Waals surface area (Å²) in [5, 5.41) is 5.86. The number of carbonyl (C=O) groups excluding carboxylic acids is 2. The fourth-order valence-corrected chi connectivity index (χ4v) is 2.36. The largest absolute Gasteiger partial charge is 0.465 e. The van der Waals surface area contributed by atoms with Gasteiger partial charge >= 0.3 is 5.97 Å². The summed E-state index contributed by atoms with van der Waals surface area (Å²) in [6.07, 6.45) is 1.58. The Bertz CT molecular complexity index is 909. The van der Waals surface area contributed by atoms with Crippen molar-refractivity contribution >= 4 is 29.1 Å². The normalized spacial score (nSPS) is 10.0. The van der Waals surface area contributed by atoms with Crippen LogP contribution in [0, 0.1) is 0 Å². The van der Waals surface area contributed by atoms with E-state index in [1.165, 1.54) is 7.11 Å². The van der Waals surface area contributed by atoms with Crippen LogP contribution in [-0.4, -0.2) is 24.0 Å². The van der Waals surface area contributed by atoms with E-state index in [1.807, 2.05) is 12.1 Å². The number of hydrogen-bond acceptors (Lipinski definition) is 5. The average molecular weight is 347 g/mol. The van der Waals surface area contributed by atoms with Crippen molar-refractivity contribution in [1.82, 2.24) is 4.98 Å². The molecule has 0 saturated heterocycles. The van der Waals surface area contributed by atoms with Crippen LogP contribution in [0.5, 0.6) is 0 Å². The summed E-state index contributed by atoms with van der Waals surface area (Å²) in [5.41, 5.74) is 2.28. The van der Waals surface area contributed by atoms with Crippen LogP contribution in [0.25, 0.3) is 0 Å². The summed E-state index contributed by atoms with van der Waals surface area (Å²) >= 11 is 0. The lowest BCUT2D eigenvalue weighted by molar-refractivity contribution is 0.0601. The number of aromatic nitrogens is 1. The number of benzene rings is 2. The monoisotopic (exact) mass is 347 g/mol. The number of hydrogen-bond donors (Lipinski definition) is 2. The fraction of sp³-hybridized carbons (Fsp3) is 0.0500. The molecule has 0 aliphatic rings. The van der Waals surface area contributed by atoms with Crippen molar-refractivity contribution in [3.05, 3.63) is 84.1 Å². The Labute approximate surface area is 150 Å². The second-order valence-electron chi connectivity index (χ2n) is 5.41. The van der Waals surface area contributed by atoms with Gasteiger partial charge in [0, 0.05) is 5.56 Å². The topological polar surface area (TPSA) is 80.3 Å². The van der Waals surface area contributed by atoms with E-state index in [-0.39, 0.29) is 5.91 Å². The Balaban J connectivity index is 1.71. The zero-order valence-corrected chi connectivity index (χ0v) is 14.1. The number of nitrogens with zero attached hydrogens (tertiary/aromatic N) is 1. The highest BCUT2D eigenvalue weighted by Crippen LogP contribution is 2.22. The van der Waals surface area contributed by atoms with Crippen molar-refractivity contribution in [2.75, 3.05) is 17.7 Å². The molecule has 1 amide bonds. The second kappa shape index (κ2) is 7.94. The van der Waals surface area contributed by atoms with Crippen molar-refractivity contribution in [3.8, 4) is 0 Å². The van der Waals surface area contributed by atoms with E-state index in [4.69, 9.17) is 4.74 Å². The molecule has 0 atom stereocenters. The van der Waals surface area contributed by atoms with Gasteiger partial charge in [-0.3, -0.25) is 4.79 Å². The molecule has 3 aromatic rings. The Hall–Kier alpha value is -3.67. The van der Waals surface area contributed by atoms with E-state index in [0.717, 1.165) is 0 Å². The lowest BCUT2D eigenvalue weighted by Gasteiger charge is -2.11. The highest BCUT2D eigenvalue weighted by molar-refractivity contribution is 6.03. The van der Waals surface area contributed by atoms with E-state index < -0.39 is 5.97 Å². The van der Waals surface area contributed by atoms with Gasteiger partial charge in [-0.1, -0.05) is 30.3 Å². The Kier molecular flexibility index (Phi) is 5.24. The predicted molar refractivity (Wildman–Crippen MR) is 99.7 cm³/mol. The summed E-state index contributed by atoms with van der Waals surface area (Å²) in [6.45, 7) is 0. The van der Waals surface area contributed by atoms with Gasteiger partial charge in [0.1, 0.15) is 5.82 Å². The maximum atomic E-state index is 12.1. The van der Waals surface area contributed by atoms with Gasteiger partial charge in [0.05, 0.1) is 30.2 Å². The number of rotatable bonds is 5. The Morgan fingerprint density at radius 3 is 2.35 bits per heavy atom. The average Bonchev–Trinajstić information content (AvgIpc) is 2.70. The minimum Gasteiger partial charge on any atom is -0.465 e. The van der Waals surface area contributed by atoms with Crippen LogP contribution in [0.1, 0.15) is 20.7 Å². The van der Waals surface area contributed by atoms with Crippen LogP contribution < -0.4 is 10.6 Å². The molecular formula is C20H17N3O3. The quantitative estimate of drug-likeness (QED) is 0.685. The first kappa shape index (κ1) is 17.2. The molecule has 0 aliphatic heterocycles. The van der Waals surface area contributed by atoms with Crippen molar-refractivity contribution in [3.63, 3.8) is 0 Å². The third-order valence-corrected chi connectivity index (χ3v) is 3.65. The fourth-order valence-electron chi connectivity index (χ4n) is 2.36. The van der Waals surface area contributed by atoms with Gasteiger partial charge in [-0.2, -0.15) is 0 Å². The van der Waals surface area contributed by atoms with Gasteiger partial charge in [-0.05, 0) is 36.4 Å². The molecule has 2 N–H and O–H groups in total. The zero-order chi connectivity index (χ0) is 18.4. The van der Waals surface area contributed by atoms with E-state index >= 15 is 0 Å². The molecule has 6 nitrogen and oxygen atoms in total. The minimum absolute atomic E-state index is 0.227. The van der Waals surface area contributed by atoms with Gasteiger partial charge in [-0.25, -0.2) is 9.78 Å². The van der Waals surface area contributed by atoms with Crippen LogP contribution in [0.3, 0.4) is 0 Å². The van der Waals surface area contributed by atoms with Crippen molar-refractivity contribution < 1.29 is 14.3 Å². The molecule has 1 aromatic heterocycles. The second-order valence-corrected chi connectivity index (χ2v) is 5.41. The Morgan fingerprint density at radius 1 is 0.923 bits per heavy atom. The molecule has 1 heterocycles. The van der Waals surface area contributed by atoms with Crippen LogP contribution in [-0.2, 0) is 4.74 Å². The minimum atomic E-state index is -0.423. The van der Waals surface area contributed by atoms with E-state index in [1.54, 1.807) is 60.8 Å². The molecular weight excluding hydrogens is 330 g/mol. The van der Waals surface area contributed by atoms with E-state index in [2.05, 4.69) is 15.6 Å². The van der Waals surface area contributed by atoms with Crippen LogP contribution in [0.4, 0.5) is 17.2 Å². The third-order valence-electron chi connectivity index (χ3n) is 3.65. The predicted octanol–water partition coefficient (Wildman–Crippen LogP) is 3.86. The number of para-hydroxylation sites is 1. The van der Waals surface area contributed by atoms with Crippen LogP contribution in [0.15, 0.2) is 72.9 Å². The highest BCUT2D eigenvalue weighted by Gasteiger charge is 2.11. The maximum Gasteiger partial charge on any atom is 0.339 e. The first-order valence-corrected chi connectivity index (χ1v) is 7.94. The number of anilines is 3. The first-order valence-electron chi connectivity index (χ1n) is 7.94. The van der Waals surface area contributed by atoms with Gasteiger partial charge < -0.3 is 15.4 Å². The van der Waals surface area contributed by atoms with Gasteiger partial charge in [-0.15, -0.1) is 0 Å². The smallest absolute Gasteiger partial charge is 0.339 e. The van der Waals surface area contributed by atoms with Gasteiger partial charge in [0.25, 0.3) is 5.91 Å². The number of nitrogens with one attached hydrogen (secondary N) is 2. The lowest BCUT2D eigenvalue weighted by atomic mass is 10.1. The van der Waals surface area contributed by atoms with E-state index in [0.29, 0.717) is 28.3 Å². The molecule has 0 unspecified atom stereocenters. The Morgan fingerprint density at radius 2 is 1.65 bits per heavy atom. The highest BCUT2D eigenvalue weighted by atomic mass is 16.5. The molecule has 6 heteroatoms.